The Morgan fingerprint density at radius 1 is 1.27 bits per heavy atom. The minimum absolute atomic E-state index is 0. The fourth-order valence-corrected chi connectivity index (χ4v) is 0.501. The predicted octanol–water partition coefficient (Wildman–Crippen LogP) is 0.0855. The van der Waals surface area contributed by atoms with Crippen LogP contribution in [0, 0.1) is 0 Å². The van der Waals surface area contributed by atoms with E-state index in [4.69, 9.17) is 19.7 Å². The van der Waals surface area contributed by atoms with Crippen molar-refractivity contribution in [3.8, 4) is 0 Å². The van der Waals surface area contributed by atoms with Crippen molar-refractivity contribution in [3.63, 3.8) is 0 Å². The smallest absolute Gasteiger partial charge is 0.0428 e. The molecule has 0 aliphatic carbocycles. The van der Waals surface area contributed by atoms with E-state index in [2.05, 4.69) is 5.32 Å². The van der Waals surface area contributed by atoms with Crippen LogP contribution >= 0.6 is 12.4 Å². The van der Waals surface area contributed by atoms with Crippen LogP contribution in [0.3, 0.4) is 0 Å². The van der Waals surface area contributed by atoms with Crippen LogP contribution in [-0.4, -0.2) is 26.1 Å². The van der Waals surface area contributed by atoms with Crippen LogP contribution < -0.4 is 16.8 Å². The molecule has 0 aromatic carbocycles. The number of hydrogen-bond donors (Lipinski definition) is 3. The number of rotatable bonds is 7. The van der Waals surface area contributed by atoms with Gasteiger partial charge in [-0.1, -0.05) is 0 Å². The van der Waals surface area contributed by atoms with Gasteiger partial charge in [-0.2, -0.15) is 0 Å². The Bertz CT molecular complexity index is 220. The lowest BCUT2D eigenvalue weighted by molar-refractivity contribution is 0.611. The van der Waals surface area contributed by atoms with Gasteiger partial charge in [-0.15, -0.1) is 12.4 Å². The zero-order valence-electron chi connectivity index (χ0n) is 12.4. The monoisotopic (exact) mass is 187 g/mol. The summed E-state index contributed by atoms with van der Waals surface area (Å²) in [5.74, 6) is 0. The summed E-state index contributed by atoms with van der Waals surface area (Å²) < 4.78 is 43.8. The fourth-order valence-electron chi connectivity index (χ4n) is 0.501. The van der Waals surface area contributed by atoms with Crippen molar-refractivity contribution in [2.45, 2.75) is 19.2 Å². The Labute approximate surface area is 83.7 Å². The van der Waals surface area contributed by atoms with Gasteiger partial charge in [0.1, 0.15) is 0 Å². The highest BCUT2D eigenvalue weighted by molar-refractivity contribution is 5.85. The molecule has 0 saturated carbocycles. The summed E-state index contributed by atoms with van der Waals surface area (Å²) in [5.41, 5.74) is 10.2. The highest BCUT2D eigenvalue weighted by Gasteiger charge is 1.85. The number of hydrogen-bond acceptors (Lipinski definition) is 3. The number of nitrogens with one attached hydrogen (secondary N) is 1. The lowest BCUT2D eigenvalue weighted by Crippen LogP contribution is -2.19. The molecule has 11 heavy (non-hydrogen) atoms. The average molecular weight is 188 g/mol. The Morgan fingerprint density at radius 3 is 2.55 bits per heavy atom. The van der Waals surface area contributed by atoms with Gasteiger partial charge < -0.3 is 16.8 Å². The molecule has 0 fully saturated rings. The predicted molar refractivity (Wildman–Crippen MR) is 52.1 cm³/mol. The van der Waals surface area contributed by atoms with Crippen molar-refractivity contribution in [2.24, 2.45) is 11.5 Å². The average Bonchev–Trinajstić information content (AvgIpc) is 2.10. The van der Waals surface area contributed by atoms with Gasteiger partial charge in [0, 0.05) is 8.22 Å². The van der Waals surface area contributed by atoms with E-state index in [1.54, 1.807) is 0 Å². The summed E-state index contributed by atoms with van der Waals surface area (Å²) >= 11 is 0. The lowest BCUT2D eigenvalue weighted by atomic mass is 10.3. The maximum Gasteiger partial charge on any atom is 0.0428 e. The lowest BCUT2D eigenvalue weighted by Gasteiger charge is -2.01. The molecule has 0 aliphatic rings. The third-order valence-electron chi connectivity index (χ3n) is 0.979. The van der Waals surface area contributed by atoms with E-state index in [-0.39, 0.29) is 19.0 Å². The molecule has 0 saturated heterocycles. The first-order chi connectivity index (χ1) is 7.06. The first-order valence-electron chi connectivity index (χ1n) is 6.30. The molecule has 0 unspecified atom stereocenters. The van der Waals surface area contributed by atoms with Crippen LogP contribution in [0.25, 0.3) is 0 Å². The van der Waals surface area contributed by atoms with Gasteiger partial charge in [0.15, 0.2) is 0 Å². The summed E-state index contributed by atoms with van der Waals surface area (Å²) in [6, 6.07) is 0. The second-order valence-corrected chi connectivity index (χ2v) is 1.82. The van der Waals surface area contributed by atoms with Crippen LogP contribution in [0.1, 0.15) is 27.4 Å². The SMILES string of the molecule is Cl.[2H]C([2H])(N)C([2H])([2H])C([2H])([2H])NCCCCN. The molecule has 0 aromatic rings. The maximum absolute atomic E-state index is 7.45. The number of unbranched alkanes of at least 4 members (excludes halogenated alkanes) is 1. The molecule has 5 N–H and O–H groups in total. The van der Waals surface area contributed by atoms with E-state index < -0.39 is 19.4 Å². The molecule has 70 valence electrons. The minimum atomic E-state index is -2.82. The van der Waals surface area contributed by atoms with Gasteiger partial charge >= 0.3 is 0 Å². The number of nitrogens with two attached hydrogens (primary N) is 2. The first kappa shape index (κ1) is 5.02. The van der Waals surface area contributed by atoms with E-state index in [9.17, 15) is 0 Å². The fraction of sp³-hybridized carbons (Fsp3) is 1.00. The van der Waals surface area contributed by atoms with Gasteiger partial charge in [0.2, 0.25) is 0 Å². The third kappa shape index (κ3) is 13.2. The Balaban J connectivity index is 0. The molecular formula is C7H20ClN3. The van der Waals surface area contributed by atoms with Crippen LogP contribution in [0.2, 0.25) is 0 Å². The van der Waals surface area contributed by atoms with Crippen LogP contribution in [0.4, 0.5) is 0 Å². The highest BCUT2D eigenvalue weighted by Crippen LogP contribution is 1.81. The molecule has 0 atom stereocenters. The molecular weight excluding hydrogens is 162 g/mol. The molecule has 0 rings (SSSR count). The zero-order chi connectivity index (χ0) is 13.0. The summed E-state index contributed by atoms with van der Waals surface area (Å²) in [4.78, 5) is 0. The van der Waals surface area contributed by atoms with Crippen molar-refractivity contribution in [3.05, 3.63) is 0 Å². The van der Waals surface area contributed by atoms with E-state index in [0.717, 1.165) is 0 Å². The Kier molecular flexibility index (Phi) is 5.85. The van der Waals surface area contributed by atoms with Crippen molar-refractivity contribution in [2.75, 3.05) is 26.1 Å². The normalized spacial score (nSPS) is 21.3. The topological polar surface area (TPSA) is 64.1 Å². The molecule has 0 aromatic heterocycles. The molecule has 0 spiro atoms. The van der Waals surface area contributed by atoms with Gasteiger partial charge in [-0.3, -0.25) is 0 Å². The molecule has 0 radical (unpaired) electrons. The summed E-state index contributed by atoms with van der Waals surface area (Å²) in [7, 11) is 0. The van der Waals surface area contributed by atoms with Gasteiger partial charge in [-0.05, 0) is 45.3 Å². The molecule has 3 nitrogen and oxygen atoms in total. The minimum Gasteiger partial charge on any atom is -0.330 e. The maximum atomic E-state index is 7.45. The number of halogens is 1. The summed E-state index contributed by atoms with van der Waals surface area (Å²) in [5, 5.41) is 2.32. The first-order valence-corrected chi connectivity index (χ1v) is 3.30. The Hall–Kier alpha value is 0.170. The second kappa shape index (κ2) is 12.8. The van der Waals surface area contributed by atoms with Crippen LogP contribution in [0.15, 0.2) is 0 Å². The second-order valence-electron chi connectivity index (χ2n) is 1.82. The van der Waals surface area contributed by atoms with E-state index in [0.29, 0.717) is 19.4 Å². The summed E-state index contributed by atoms with van der Waals surface area (Å²) in [6.07, 6.45) is -1.52. The molecule has 4 heteroatoms. The van der Waals surface area contributed by atoms with Crippen LogP contribution in [-0.2, 0) is 0 Å². The highest BCUT2D eigenvalue weighted by atomic mass is 35.5. The summed E-state index contributed by atoms with van der Waals surface area (Å²) in [6.45, 7) is -4.58. The third-order valence-corrected chi connectivity index (χ3v) is 0.979. The van der Waals surface area contributed by atoms with Crippen molar-refractivity contribution >= 4 is 12.4 Å². The van der Waals surface area contributed by atoms with E-state index in [1.165, 1.54) is 0 Å². The quantitative estimate of drug-likeness (QED) is 0.495. The molecule has 0 bridgehead atoms. The van der Waals surface area contributed by atoms with Gasteiger partial charge in [0.25, 0.3) is 0 Å². The van der Waals surface area contributed by atoms with Gasteiger partial charge in [0.05, 0.1) is 0 Å². The molecule has 0 amide bonds. The van der Waals surface area contributed by atoms with Crippen molar-refractivity contribution < 1.29 is 8.22 Å². The largest absolute Gasteiger partial charge is 0.330 e. The van der Waals surface area contributed by atoms with Gasteiger partial charge in [-0.25, -0.2) is 0 Å². The van der Waals surface area contributed by atoms with E-state index >= 15 is 0 Å². The zero-order valence-corrected chi connectivity index (χ0v) is 7.21. The Morgan fingerprint density at radius 2 is 2.00 bits per heavy atom. The standard InChI is InChI=1S/C7H19N3.ClH/c8-4-1-2-6-10-7-3-5-9;/h10H,1-9H2;1H/i3D2,5D2,7D2;. The molecule has 0 heterocycles. The van der Waals surface area contributed by atoms with Crippen molar-refractivity contribution in [1.29, 1.82) is 0 Å². The molecule has 0 aliphatic heterocycles. The van der Waals surface area contributed by atoms with Crippen LogP contribution in [0.5, 0.6) is 0 Å². The van der Waals surface area contributed by atoms with Crippen molar-refractivity contribution in [1.82, 2.24) is 5.32 Å². The van der Waals surface area contributed by atoms with E-state index in [1.807, 2.05) is 0 Å².